The molecule has 4 rings (SSSR count). The van der Waals surface area contributed by atoms with Crippen LogP contribution < -0.4 is 9.62 Å². The van der Waals surface area contributed by atoms with E-state index in [0.29, 0.717) is 33.6 Å². The van der Waals surface area contributed by atoms with Crippen LogP contribution >= 0.6 is 34.5 Å². The number of hydrogen-bond acceptors (Lipinski definition) is 8. The number of anilines is 2. The van der Waals surface area contributed by atoms with Crippen molar-refractivity contribution in [1.82, 2.24) is 0 Å². The van der Waals surface area contributed by atoms with Crippen LogP contribution in [0.15, 0.2) is 60.0 Å². The van der Waals surface area contributed by atoms with Crippen LogP contribution in [0, 0.1) is 5.92 Å². The van der Waals surface area contributed by atoms with Gasteiger partial charge in [-0.3, -0.25) is 9.10 Å². The Balaban J connectivity index is 1.55. The first-order valence-electron chi connectivity index (χ1n) is 13.9. The van der Waals surface area contributed by atoms with Crippen LogP contribution in [0.1, 0.15) is 58.3 Å². The molecule has 0 bridgehead atoms. The first kappa shape index (κ1) is 33.5. The number of nitrogens with zero attached hydrogens (tertiary/aromatic N) is 1. The van der Waals surface area contributed by atoms with Crippen LogP contribution in [0.25, 0.3) is 0 Å². The number of hydrogen-bond donors (Lipinski definition) is 1. The lowest BCUT2D eigenvalue weighted by molar-refractivity contribution is -0.123. The monoisotopic (exact) mass is 678 g/mol. The Kier molecular flexibility index (Phi) is 10.8. The van der Waals surface area contributed by atoms with Crippen molar-refractivity contribution in [2.45, 2.75) is 51.0 Å². The van der Waals surface area contributed by atoms with Gasteiger partial charge in [-0.05, 0) is 87.1 Å². The molecule has 0 saturated heterocycles. The SMILES string of the molecule is C=CCN(c1ccc(Cl)cc1)S(=O)(=O)c1cc(C(=O)O[C@@H](C)C(=O)Nc2sc3c(c2C(=O)OCC)CC[C@H](C)C3)ccc1Cl. The van der Waals surface area contributed by atoms with Gasteiger partial charge >= 0.3 is 11.9 Å². The summed E-state index contributed by atoms with van der Waals surface area (Å²) < 4.78 is 39.1. The predicted molar refractivity (Wildman–Crippen MR) is 173 cm³/mol. The average molecular weight is 680 g/mol. The maximum absolute atomic E-state index is 13.7. The highest BCUT2D eigenvalue weighted by molar-refractivity contribution is 7.93. The topological polar surface area (TPSA) is 119 Å². The highest BCUT2D eigenvalue weighted by Gasteiger charge is 2.31. The number of thiophene rings is 1. The summed E-state index contributed by atoms with van der Waals surface area (Å²) in [4.78, 5) is 39.7. The molecule has 0 spiro atoms. The zero-order valence-corrected chi connectivity index (χ0v) is 27.5. The fraction of sp³-hybridized carbons (Fsp3) is 0.323. The zero-order valence-electron chi connectivity index (χ0n) is 24.4. The Labute approximate surface area is 270 Å². The van der Waals surface area contributed by atoms with E-state index in [1.165, 1.54) is 48.6 Å². The molecular weight excluding hydrogens is 647 g/mol. The van der Waals surface area contributed by atoms with Gasteiger partial charge in [0.05, 0.1) is 35.0 Å². The van der Waals surface area contributed by atoms with Crippen LogP contribution in [0.5, 0.6) is 0 Å². The third-order valence-electron chi connectivity index (χ3n) is 7.03. The summed E-state index contributed by atoms with van der Waals surface area (Å²) in [5.41, 5.74) is 1.40. The highest BCUT2D eigenvalue weighted by atomic mass is 35.5. The van der Waals surface area contributed by atoms with Crippen molar-refractivity contribution >= 4 is 73.1 Å². The Morgan fingerprint density at radius 3 is 2.52 bits per heavy atom. The highest BCUT2D eigenvalue weighted by Crippen LogP contribution is 2.40. The number of rotatable bonds is 11. The Morgan fingerprint density at radius 2 is 1.86 bits per heavy atom. The minimum absolute atomic E-state index is 0.0784. The summed E-state index contributed by atoms with van der Waals surface area (Å²) in [5.74, 6) is -1.66. The molecule has 1 amide bonds. The number of sulfonamides is 1. The molecule has 2 aromatic carbocycles. The molecule has 2 atom stereocenters. The molecule has 0 unspecified atom stereocenters. The lowest BCUT2D eigenvalue weighted by Crippen LogP contribution is -2.32. The van der Waals surface area contributed by atoms with Gasteiger partial charge in [0.25, 0.3) is 15.9 Å². The van der Waals surface area contributed by atoms with Gasteiger partial charge in [0, 0.05) is 9.90 Å². The molecule has 0 fully saturated rings. The van der Waals surface area contributed by atoms with Crippen LogP contribution in [-0.4, -0.2) is 45.5 Å². The third kappa shape index (κ3) is 7.28. The van der Waals surface area contributed by atoms with Crippen molar-refractivity contribution in [3.05, 3.63) is 86.7 Å². The number of ether oxygens (including phenoxy) is 2. The van der Waals surface area contributed by atoms with E-state index in [-0.39, 0.29) is 28.6 Å². The first-order valence-corrected chi connectivity index (χ1v) is 16.9. The predicted octanol–water partition coefficient (Wildman–Crippen LogP) is 6.92. The smallest absolute Gasteiger partial charge is 0.341 e. The summed E-state index contributed by atoms with van der Waals surface area (Å²) in [5, 5.41) is 3.39. The van der Waals surface area contributed by atoms with Gasteiger partial charge in [0.2, 0.25) is 0 Å². The molecule has 1 N–H and O–H groups in total. The summed E-state index contributed by atoms with van der Waals surface area (Å²) >= 11 is 13.6. The van der Waals surface area contributed by atoms with Gasteiger partial charge in [-0.2, -0.15) is 0 Å². The van der Waals surface area contributed by atoms with Gasteiger partial charge in [-0.1, -0.05) is 36.2 Å². The van der Waals surface area contributed by atoms with Gasteiger partial charge in [0.1, 0.15) is 9.90 Å². The van der Waals surface area contributed by atoms with Crippen molar-refractivity contribution in [3.8, 4) is 0 Å². The molecule has 1 heterocycles. The fourth-order valence-corrected chi connectivity index (χ4v) is 8.23. The van der Waals surface area contributed by atoms with Crippen molar-refractivity contribution in [2.75, 3.05) is 22.8 Å². The second kappa shape index (κ2) is 14.2. The fourth-order valence-electron chi connectivity index (χ4n) is 4.77. The first-order chi connectivity index (χ1) is 20.9. The Bertz CT molecular complexity index is 1690. The maximum atomic E-state index is 13.7. The molecule has 0 radical (unpaired) electrons. The molecule has 0 aliphatic heterocycles. The second-order valence-corrected chi connectivity index (χ2v) is 14.0. The molecule has 3 aromatic rings. The van der Waals surface area contributed by atoms with E-state index < -0.39 is 34.0 Å². The number of amides is 1. The van der Waals surface area contributed by atoms with Crippen molar-refractivity contribution in [2.24, 2.45) is 5.92 Å². The maximum Gasteiger partial charge on any atom is 0.341 e. The number of esters is 2. The quantitative estimate of drug-likeness (QED) is 0.173. The summed E-state index contributed by atoms with van der Waals surface area (Å²) in [6.45, 7) is 8.97. The lowest BCUT2D eigenvalue weighted by Gasteiger charge is -2.24. The molecule has 44 heavy (non-hydrogen) atoms. The lowest BCUT2D eigenvalue weighted by atomic mass is 9.88. The van der Waals surface area contributed by atoms with Gasteiger partial charge in [-0.15, -0.1) is 17.9 Å². The number of halogens is 2. The van der Waals surface area contributed by atoms with E-state index in [1.54, 1.807) is 19.1 Å². The van der Waals surface area contributed by atoms with Gasteiger partial charge in [0.15, 0.2) is 6.10 Å². The molecule has 9 nitrogen and oxygen atoms in total. The number of carbonyl (C=O) groups excluding carboxylic acids is 3. The van der Waals surface area contributed by atoms with Crippen LogP contribution in [0.3, 0.4) is 0 Å². The Morgan fingerprint density at radius 1 is 1.16 bits per heavy atom. The number of benzene rings is 2. The largest absolute Gasteiger partial charge is 0.462 e. The Hall–Kier alpha value is -3.38. The minimum atomic E-state index is -4.27. The van der Waals surface area contributed by atoms with E-state index in [0.717, 1.165) is 33.7 Å². The standard InChI is InChI=1S/C31H32Cl2N2O7S2/c1-5-15-35(22-11-9-21(32)10-12-22)44(39,40)26-17-20(8-14-24(26)33)30(37)42-19(4)28(36)34-29-27(31(38)41-6-2)23-13-7-18(3)16-25(23)43-29/h5,8-12,14,17-19H,1,6-7,13,15-16H2,2-4H3,(H,34,36)/t18-,19-/m0/s1. The number of carbonyl (C=O) groups is 3. The molecule has 13 heteroatoms. The summed E-state index contributed by atoms with van der Waals surface area (Å²) in [7, 11) is -4.27. The van der Waals surface area contributed by atoms with Crippen LogP contribution in [-0.2, 0) is 37.1 Å². The summed E-state index contributed by atoms with van der Waals surface area (Å²) in [6, 6.07) is 9.84. The van der Waals surface area contributed by atoms with E-state index in [4.69, 9.17) is 32.7 Å². The molecular formula is C31H32Cl2N2O7S2. The van der Waals surface area contributed by atoms with Crippen molar-refractivity contribution in [1.29, 1.82) is 0 Å². The zero-order chi connectivity index (χ0) is 32.2. The molecule has 0 saturated carbocycles. The second-order valence-electron chi connectivity index (χ2n) is 10.3. The van der Waals surface area contributed by atoms with Gasteiger partial charge in [-0.25, -0.2) is 18.0 Å². The average Bonchev–Trinajstić information content (AvgIpc) is 3.33. The molecule has 234 valence electrons. The van der Waals surface area contributed by atoms with E-state index in [2.05, 4.69) is 18.8 Å². The van der Waals surface area contributed by atoms with Crippen LogP contribution in [0.2, 0.25) is 10.0 Å². The molecule has 1 aromatic heterocycles. The van der Waals surface area contributed by atoms with Crippen molar-refractivity contribution in [3.63, 3.8) is 0 Å². The van der Waals surface area contributed by atoms with E-state index >= 15 is 0 Å². The van der Waals surface area contributed by atoms with E-state index in [9.17, 15) is 22.8 Å². The van der Waals surface area contributed by atoms with Crippen LogP contribution in [0.4, 0.5) is 10.7 Å². The minimum Gasteiger partial charge on any atom is -0.462 e. The summed E-state index contributed by atoms with van der Waals surface area (Å²) in [6.07, 6.45) is 2.54. The third-order valence-corrected chi connectivity index (χ3v) is 10.7. The number of nitrogens with one attached hydrogen (secondary N) is 1. The van der Waals surface area contributed by atoms with Gasteiger partial charge < -0.3 is 14.8 Å². The van der Waals surface area contributed by atoms with Crippen molar-refractivity contribution < 1.29 is 32.3 Å². The molecule has 1 aliphatic carbocycles. The molecule has 1 aliphatic rings. The van der Waals surface area contributed by atoms with E-state index in [1.807, 2.05) is 0 Å². The number of fused-ring (bicyclic) bond motifs is 1. The normalized spacial score (nSPS) is 15.1.